The second-order valence-corrected chi connectivity index (χ2v) is 4.71. The van der Waals surface area contributed by atoms with Gasteiger partial charge in [-0.05, 0) is 31.1 Å². The molecule has 0 aliphatic rings. The number of nitrogens with zero attached hydrogens (tertiary/aromatic N) is 1. The van der Waals surface area contributed by atoms with Gasteiger partial charge in [0, 0.05) is 17.8 Å². The van der Waals surface area contributed by atoms with Crippen molar-refractivity contribution in [1.29, 1.82) is 0 Å². The van der Waals surface area contributed by atoms with E-state index in [0.29, 0.717) is 0 Å². The highest BCUT2D eigenvalue weighted by molar-refractivity contribution is 5.85. The summed E-state index contributed by atoms with van der Waals surface area (Å²) >= 11 is 0. The number of aliphatic imine (C=N–C) groups is 1. The lowest BCUT2D eigenvalue weighted by Crippen LogP contribution is -1.97. The first-order valence-corrected chi connectivity index (χ1v) is 6.55. The maximum absolute atomic E-state index is 4.65. The van der Waals surface area contributed by atoms with Gasteiger partial charge in [-0.1, -0.05) is 60.7 Å². The normalized spacial score (nSPS) is 12.5. The largest absolute Gasteiger partial charge is 0.262 e. The maximum atomic E-state index is 4.65. The summed E-state index contributed by atoms with van der Waals surface area (Å²) in [5.74, 6) is 0. The van der Waals surface area contributed by atoms with Crippen LogP contribution >= 0.6 is 0 Å². The van der Waals surface area contributed by atoms with E-state index in [4.69, 9.17) is 0 Å². The zero-order chi connectivity index (χ0) is 13.5. The monoisotopic (exact) mass is 249 g/mol. The van der Waals surface area contributed by atoms with Crippen LogP contribution in [-0.2, 0) is 6.42 Å². The summed E-state index contributed by atoms with van der Waals surface area (Å²) in [5.41, 5.74) is 4.67. The third kappa shape index (κ3) is 4.55. The van der Waals surface area contributed by atoms with Crippen molar-refractivity contribution >= 4 is 11.8 Å². The first-order chi connectivity index (χ1) is 9.24. The molecule has 0 spiro atoms. The molecule has 96 valence electrons. The molecule has 19 heavy (non-hydrogen) atoms. The quantitative estimate of drug-likeness (QED) is 0.693. The SMILES string of the molecule is CC(Cc1ccccc1)=N/C(C)=C/c1ccccc1. The van der Waals surface area contributed by atoms with E-state index in [0.717, 1.165) is 17.8 Å². The Morgan fingerprint density at radius 2 is 1.47 bits per heavy atom. The Balaban J connectivity index is 2.06. The van der Waals surface area contributed by atoms with Crippen LogP contribution in [0.5, 0.6) is 0 Å². The summed E-state index contributed by atoms with van der Waals surface area (Å²) in [4.78, 5) is 4.65. The summed E-state index contributed by atoms with van der Waals surface area (Å²) in [5, 5.41) is 0. The van der Waals surface area contributed by atoms with Crippen molar-refractivity contribution in [3.63, 3.8) is 0 Å². The fraction of sp³-hybridized carbons (Fsp3) is 0.167. The summed E-state index contributed by atoms with van der Waals surface area (Å²) in [6, 6.07) is 20.7. The molecule has 0 aliphatic carbocycles. The topological polar surface area (TPSA) is 12.4 Å². The highest BCUT2D eigenvalue weighted by Gasteiger charge is 1.96. The zero-order valence-electron chi connectivity index (χ0n) is 11.5. The van der Waals surface area contributed by atoms with Gasteiger partial charge >= 0.3 is 0 Å². The van der Waals surface area contributed by atoms with E-state index in [1.807, 2.05) is 31.2 Å². The molecular weight excluding hydrogens is 230 g/mol. The Labute approximate surface area is 115 Å². The predicted molar refractivity (Wildman–Crippen MR) is 83.3 cm³/mol. The fourth-order valence-electron chi connectivity index (χ4n) is 2.05. The van der Waals surface area contributed by atoms with Gasteiger partial charge in [-0.2, -0.15) is 0 Å². The molecule has 0 atom stereocenters. The summed E-state index contributed by atoms with van der Waals surface area (Å²) in [6.45, 7) is 4.12. The second-order valence-electron chi connectivity index (χ2n) is 4.71. The molecule has 2 aromatic rings. The molecule has 0 heterocycles. The average Bonchev–Trinajstić information content (AvgIpc) is 2.40. The van der Waals surface area contributed by atoms with Gasteiger partial charge in [0.05, 0.1) is 0 Å². The third-order valence-electron chi connectivity index (χ3n) is 2.85. The lowest BCUT2D eigenvalue weighted by molar-refractivity contribution is 1.24. The molecule has 0 N–H and O–H groups in total. The molecule has 0 saturated carbocycles. The van der Waals surface area contributed by atoms with Crippen LogP contribution in [0.15, 0.2) is 71.4 Å². The van der Waals surface area contributed by atoms with E-state index < -0.39 is 0 Å². The van der Waals surface area contributed by atoms with Crippen molar-refractivity contribution in [3.05, 3.63) is 77.5 Å². The van der Waals surface area contributed by atoms with Crippen molar-refractivity contribution in [3.8, 4) is 0 Å². The van der Waals surface area contributed by atoms with Crippen molar-refractivity contribution in [2.75, 3.05) is 0 Å². The minimum Gasteiger partial charge on any atom is -0.262 e. The smallest absolute Gasteiger partial charge is 0.0378 e. The minimum atomic E-state index is 0.904. The second kappa shape index (κ2) is 6.69. The number of rotatable bonds is 4. The van der Waals surface area contributed by atoms with Crippen LogP contribution in [0, 0.1) is 0 Å². The van der Waals surface area contributed by atoms with Crippen molar-refractivity contribution in [2.45, 2.75) is 20.3 Å². The van der Waals surface area contributed by atoms with E-state index in [1.165, 1.54) is 11.1 Å². The molecule has 0 unspecified atom stereocenters. The molecule has 0 saturated heterocycles. The first-order valence-electron chi connectivity index (χ1n) is 6.55. The van der Waals surface area contributed by atoms with Crippen molar-refractivity contribution in [1.82, 2.24) is 0 Å². The molecular formula is C18H19N. The molecule has 2 aromatic carbocycles. The van der Waals surface area contributed by atoms with Gasteiger partial charge in [0.25, 0.3) is 0 Å². The Morgan fingerprint density at radius 1 is 0.895 bits per heavy atom. The number of hydrogen-bond acceptors (Lipinski definition) is 1. The number of hydrogen-bond donors (Lipinski definition) is 0. The van der Waals surface area contributed by atoms with Gasteiger partial charge in [0.1, 0.15) is 0 Å². The highest BCUT2D eigenvalue weighted by atomic mass is 14.7. The van der Waals surface area contributed by atoms with E-state index >= 15 is 0 Å². The Bertz CT molecular complexity index is 565. The Kier molecular flexibility index (Phi) is 4.68. The van der Waals surface area contributed by atoms with Gasteiger partial charge in [-0.3, -0.25) is 4.99 Å². The number of allylic oxidation sites excluding steroid dienone is 1. The molecule has 0 fully saturated rings. The summed E-state index contributed by atoms with van der Waals surface area (Å²) < 4.78 is 0. The molecule has 1 heteroatoms. The fourth-order valence-corrected chi connectivity index (χ4v) is 2.05. The van der Waals surface area contributed by atoms with Crippen LogP contribution < -0.4 is 0 Å². The van der Waals surface area contributed by atoms with E-state index in [1.54, 1.807) is 0 Å². The van der Waals surface area contributed by atoms with Crippen LogP contribution in [0.2, 0.25) is 0 Å². The molecule has 0 bridgehead atoms. The molecule has 0 radical (unpaired) electrons. The Morgan fingerprint density at radius 3 is 2.11 bits per heavy atom. The summed E-state index contributed by atoms with van der Waals surface area (Å²) in [6.07, 6.45) is 3.01. The third-order valence-corrected chi connectivity index (χ3v) is 2.85. The zero-order valence-corrected chi connectivity index (χ0v) is 11.5. The van der Waals surface area contributed by atoms with Crippen LogP contribution in [0.3, 0.4) is 0 Å². The van der Waals surface area contributed by atoms with Gasteiger partial charge < -0.3 is 0 Å². The van der Waals surface area contributed by atoms with E-state index in [-0.39, 0.29) is 0 Å². The van der Waals surface area contributed by atoms with E-state index in [2.05, 4.69) is 54.4 Å². The van der Waals surface area contributed by atoms with Crippen LogP contribution in [0.4, 0.5) is 0 Å². The van der Waals surface area contributed by atoms with Crippen LogP contribution in [0.1, 0.15) is 25.0 Å². The minimum absolute atomic E-state index is 0.904. The molecule has 0 amide bonds. The highest BCUT2D eigenvalue weighted by Crippen LogP contribution is 2.08. The lowest BCUT2D eigenvalue weighted by Gasteiger charge is -2.02. The van der Waals surface area contributed by atoms with Crippen molar-refractivity contribution in [2.24, 2.45) is 4.99 Å². The van der Waals surface area contributed by atoms with Gasteiger partial charge in [0.2, 0.25) is 0 Å². The number of benzene rings is 2. The summed E-state index contributed by atoms with van der Waals surface area (Å²) in [7, 11) is 0. The first kappa shape index (κ1) is 13.3. The molecule has 1 nitrogen and oxygen atoms in total. The van der Waals surface area contributed by atoms with Crippen LogP contribution in [0.25, 0.3) is 6.08 Å². The van der Waals surface area contributed by atoms with Crippen LogP contribution in [-0.4, -0.2) is 5.71 Å². The molecule has 2 rings (SSSR count). The van der Waals surface area contributed by atoms with Gasteiger partial charge in [-0.15, -0.1) is 0 Å². The van der Waals surface area contributed by atoms with Gasteiger partial charge in [-0.25, -0.2) is 0 Å². The standard InChI is InChI=1S/C18H19N/c1-15(13-17-9-5-3-6-10-17)19-16(2)14-18-11-7-4-8-12-18/h3-13H,14H2,1-2H3/b15-13+,19-16?. The Hall–Kier alpha value is -2.15. The van der Waals surface area contributed by atoms with Crippen molar-refractivity contribution < 1.29 is 0 Å². The maximum Gasteiger partial charge on any atom is 0.0378 e. The van der Waals surface area contributed by atoms with E-state index in [9.17, 15) is 0 Å². The predicted octanol–water partition coefficient (Wildman–Crippen LogP) is 4.75. The molecule has 0 aliphatic heterocycles. The average molecular weight is 249 g/mol. The van der Waals surface area contributed by atoms with Gasteiger partial charge in [0.15, 0.2) is 0 Å². The lowest BCUT2D eigenvalue weighted by atomic mass is 10.1. The molecule has 0 aromatic heterocycles.